The van der Waals surface area contributed by atoms with Gasteiger partial charge in [0.1, 0.15) is 60.9 Å². The summed E-state index contributed by atoms with van der Waals surface area (Å²) in [4.78, 5) is 104. The minimum Gasteiger partial charge on any atom is -0.496 e. The van der Waals surface area contributed by atoms with Crippen molar-refractivity contribution in [1.82, 2.24) is 41.7 Å². The van der Waals surface area contributed by atoms with Crippen LogP contribution in [0.3, 0.4) is 0 Å². The van der Waals surface area contributed by atoms with Gasteiger partial charge in [0.25, 0.3) is 35.4 Å². The van der Waals surface area contributed by atoms with Crippen LogP contribution in [0, 0.1) is 0 Å². The van der Waals surface area contributed by atoms with Gasteiger partial charge in [-0.15, -0.1) is 0 Å². The number of ether oxygens (including phenoxy) is 6. The minimum atomic E-state index is -0.517. The van der Waals surface area contributed by atoms with E-state index in [1.165, 1.54) is 50.6 Å². The van der Waals surface area contributed by atoms with Crippen LogP contribution in [0.1, 0.15) is 114 Å². The zero-order valence-corrected chi connectivity index (χ0v) is 52.1. The summed E-state index contributed by atoms with van der Waals surface area (Å²) in [6.07, 6.45) is 3.80. The first-order valence-corrected chi connectivity index (χ1v) is 29.4. The molecule has 3 aromatic carbocycles. The Bertz CT molecular complexity index is 2860. The van der Waals surface area contributed by atoms with Crippen LogP contribution < -0.4 is 106 Å². The molecule has 0 atom stereocenters. The number of hydrogen-bond donors (Lipinski definition) is 14. The molecule has 0 heterocycles. The smallest absolute Gasteiger partial charge is 0.255 e. The number of aliphatic imine (C=N–C) groups is 4. The first kappa shape index (κ1) is 71.0. The van der Waals surface area contributed by atoms with E-state index < -0.39 is 35.4 Å². The van der Waals surface area contributed by atoms with Gasteiger partial charge in [0.2, 0.25) is 0 Å². The zero-order chi connectivity index (χ0) is 65.9. The van der Waals surface area contributed by atoms with E-state index in [9.17, 15) is 28.8 Å². The number of hydrogen-bond acceptors (Lipinski definition) is 18. The monoisotopic (exact) mass is 1260 g/mol. The summed E-state index contributed by atoms with van der Waals surface area (Å²) in [5.41, 5.74) is 44.5. The molecule has 0 aromatic heterocycles. The summed E-state index contributed by atoms with van der Waals surface area (Å²) in [7, 11) is 10.3. The normalized spacial score (nSPS) is 16.0. The lowest BCUT2D eigenvalue weighted by Gasteiger charge is -2.30. The second kappa shape index (κ2) is 35.9. The Morgan fingerprint density at radius 2 is 0.600 bits per heavy atom. The largest absolute Gasteiger partial charge is 0.496 e. The molecule has 0 spiro atoms. The van der Waals surface area contributed by atoms with Crippen LogP contribution in [0.5, 0.6) is 34.5 Å². The van der Waals surface area contributed by atoms with Crippen molar-refractivity contribution < 1.29 is 57.2 Å². The van der Waals surface area contributed by atoms with E-state index in [-0.39, 0.29) is 168 Å². The highest BCUT2D eigenvalue weighted by molar-refractivity contribution is 6.05. The number of nitrogens with zero attached hydrogens (tertiary/aromatic N) is 6. The Morgan fingerprint density at radius 3 is 0.822 bits per heavy atom. The lowest BCUT2D eigenvalue weighted by atomic mass is 9.90. The third kappa shape index (κ3) is 23.1. The molecule has 0 saturated heterocycles. The Balaban J connectivity index is 1.25. The number of amides is 6. The van der Waals surface area contributed by atoms with Crippen molar-refractivity contribution in [1.29, 1.82) is 0 Å². The van der Waals surface area contributed by atoms with Crippen molar-refractivity contribution in [3.8, 4) is 34.5 Å². The molecule has 6 amide bonds. The Kier molecular flexibility index (Phi) is 28.4. The summed E-state index contributed by atoms with van der Waals surface area (Å²) in [6.45, 7) is 2.02. The number of guanidine groups is 4. The molecule has 0 aliphatic heterocycles. The van der Waals surface area contributed by atoms with Gasteiger partial charge in [-0.25, -0.2) is 0 Å². The molecule has 22 N–H and O–H groups in total. The maximum absolute atomic E-state index is 14.2. The van der Waals surface area contributed by atoms with Crippen LogP contribution in [0.4, 0.5) is 0 Å². The SMILES string of the molecule is COc1cc(OC)c(C(=O)NC2CCC(NC(=O)c3cc(C(=O)NCCN(C)C)c(OCCN=C(N)N)cc3OCCN=C(N)N)CC2)cc1C(=O)NC1CCC(NC(=O)c2cc(C(=O)NCCN(C)C)c(OCCN=C(N)N)cc2OCCN=C(N)N)CC1. The number of rotatable bonds is 34. The quantitative estimate of drug-likeness (QED) is 0.0172. The van der Waals surface area contributed by atoms with E-state index in [0.717, 1.165) is 0 Å². The molecule has 0 unspecified atom stereocenters. The first-order chi connectivity index (χ1) is 43.0. The molecule has 0 bridgehead atoms. The van der Waals surface area contributed by atoms with Crippen molar-refractivity contribution in [3.63, 3.8) is 0 Å². The highest BCUT2D eigenvalue weighted by atomic mass is 16.5. The van der Waals surface area contributed by atoms with Gasteiger partial charge >= 0.3 is 0 Å². The van der Waals surface area contributed by atoms with Crippen LogP contribution in [-0.2, 0) is 0 Å². The third-order valence-corrected chi connectivity index (χ3v) is 14.2. The average Bonchev–Trinajstić information content (AvgIpc) is 1.03. The van der Waals surface area contributed by atoms with Crippen molar-refractivity contribution in [2.75, 3.05) is 121 Å². The second-order valence-corrected chi connectivity index (χ2v) is 21.7. The molecule has 32 heteroatoms. The highest BCUT2D eigenvalue weighted by Gasteiger charge is 2.32. The maximum atomic E-state index is 14.2. The lowest BCUT2D eigenvalue weighted by Crippen LogP contribution is -2.44. The van der Waals surface area contributed by atoms with Gasteiger partial charge in [-0.2, -0.15) is 0 Å². The van der Waals surface area contributed by atoms with Crippen molar-refractivity contribution in [3.05, 3.63) is 69.8 Å². The van der Waals surface area contributed by atoms with E-state index in [0.29, 0.717) is 77.5 Å². The number of nitrogens with two attached hydrogens (primary N) is 8. The number of nitrogens with one attached hydrogen (secondary N) is 6. The van der Waals surface area contributed by atoms with Gasteiger partial charge in [-0.3, -0.25) is 48.7 Å². The van der Waals surface area contributed by atoms with Gasteiger partial charge in [-0.05, 0) is 97.8 Å². The summed E-state index contributed by atoms with van der Waals surface area (Å²) in [6, 6.07) is 7.35. The standard InChI is InChI=1S/C58H90N20O12/c1-77(2)21-15-67-49(79)39-28-41(47(89-25-19-71-57(63)64)31-45(39)87-23-17-69-55(59)60)53(83)75-35-11-7-33(8-12-35)73-51(81)37-27-38(44(86-6)30-43(37)85-5)52(82)74-34-9-13-36(14-10-34)76-54(84)42-29-40(50(80)68-16-22-78(3)4)46(88-24-18-70-56(61)62)32-48(42)90-26-20-72-58(65)66/h27-36H,7-26H2,1-6H3,(H,67,79)(H,68,80)(H,73,81)(H,74,82)(H,75,83)(H,76,84)(H4,59,60,69)(H4,61,62,70)(H4,63,64,71)(H4,65,66,72). The molecule has 3 aromatic rings. The fraction of sp³-hybridized carbons (Fsp3) is 0.517. The predicted octanol–water partition coefficient (Wildman–Crippen LogP) is -2.16. The molecule has 0 radical (unpaired) electrons. The molecular formula is C58H90N20O12. The van der Waals surface area contributed by atoms with Crippen LogP contribution >= 0.6 is 0 Å². The van der Waals surface area contributed by atoms with Gasteiger partial charge in [0.05, 0.1) is 73.8 Å². The van der Waals surface area contributed by atoms with Gasteiger partial charge < -0.3 is 116 Å². The molecule has 494 valence electrons. The summed E-state index contributed by atoms with van der Waals surface area (Å²) < 4.78 is 35.2. The summed E-state index contributed by atoms with van der Waals surface area (Å²) in [5.74, 6) is -2.73. The second-order valence-electron chi connectivity index (χ2n) is 21.7. The van der Waals surface area contributed by atoms with Crippen LogP contribution in [0.25, 0.3) is 0 Å². The fourth-order valence-electron chi connectivity index (χ4n) is 9.68. The van der Waals surface area contributed by atoms with Crippen molar-refractivity contribution in [2.24, 2.45) is 65.8 Å². The van der Waals surface area contributed by atoms with E-state index in [4.69, 9.17) is 74.3 Å². The predicted molar refractivity (Wildman–Crippen MR) is 341 cm³/mol. The maximum Gasteiger partial charge on any atom is 0.255 e. The number of carbonyl (C=O) groups excluding carboxylic acids is 6. The molecule has 32 nitrogen and oxygen atoms in total. The zero-order valence-electron chi connectivity index (χ0n) is 52.1. The lowest BCUT2D eigenvalue weighted by molar-refractivity contribution is 0.0882. The molecule has 2 saturated carbocycles. The van der Waals surface area contributed by atoms with E-state index in [1.807, 2.05) is 38.0 Å². The topological polar surface area (TPSA) is 494 Å². The van der Waals surface area contributed by atoms with Gasteiger partial charge in [0.15, 0.2) is 23.8 Å². The van der Waals surface area contributed by atoms with Gasteiger partial charge in [0, 0.05) is 68.5 Å². The Hall–Kier alpha value is -9.72. The molecule has 5 rings (SSSR count). The van der Waals surface area contributed by atoms with E-state index in [1.54, 1.807) is 0 Å². The molecule has 2 fully saturated rings. The molecule has 2 aliphatic rings. The third-order valence-electron chi connectivity index (χ3n) is 14.2. The van der Waals surface area contributed by atoms with Crippen LogP contribution in [0.15, 0.2) is 56.4 Å². The number of methoxy groups -OCH3 is 2. The van der Waals surface area contributed by atoms with E-state index >= 15 is 0 Å². The number of carbonyl (C=O) groups is 6. The fourth-order valence-corrected chi connectivity index (χ4v) is 9.68. The average molecular weight is 1260 g/mol. The first-order valence-electron chi connectivity index (χ1n) is 29.4. The highest BCUT2D eigenvalue weighted by Crippen LogP contribution is 2.34. The Labute approximate surface area is 523 Å². The summed E-state index contributed by atoms with van der Waals surface area (Å²) in [5, 5.41) is 18.0. The molecule has 90 heavy (non-hydrogen) atoms. The molecular weight excluding hydrogens is 1170 g/mol. The van der Waals surface area contributed by atoms with Crippen LogP contribution in [-0.4, -0.2) is 214 Å². The van der Waals surface area contributed by atoms with Gasteiger partial charge in [-0.1, -0.05) is 0 Å². The minimum absolute atomic E-state index is 0.00102. The summed E-state index contributed by atoms with van der Waals surface area (Å²) >= 11 is 0. The Morgan fingerprint density at radius 1 is 0.378 bits per heavy atom. The van der Waals surface area contributed by atoms with E-state index in [2.05, 4.69) is 51.9 Å². The number of likely N-dealkylation sites (N-methyl/N-ethyl adjacent to an activating group) is 2. The van der Waals surface area contributed by atoms with Crippen molar-refractivity contribution >= 4 is 59.3 Å². The van der Waals surface area contributed by atoms with Crippen molar-refractivity contribution in [2.45, 2.75) is 75.5 Å². The molecule has 2 aliphatic carbocycles. The number of benzene rings is 3. The van der Waals surface area contributed by atoms with Crippen LogP contribution in [0.2, 0.25) is 0 Å².